The van der Waals surface area contributed by atoms with Crippen molar-refractivity contribution >= 4 is 6.09 Å². The van der Waals surface area contributed by atoms with Gasteiger partial charge in [0, 0.05) is 26.2 Å². The van der Waals surface area contributed by atoms with Crippen LogP contribution in [0.1, 0.15) is 46.5 Å². The van der Waals surface area contributed by atoms with Crippen LogP contribution >= 0.6 is 0 Å². The SMILES string of the molecule is CC(C)(C)OC(=O)N1CCC(CNNCC2CCNCC2)CC1. The lowest BCUT2D eigenvalue weighted by Gasteiger charge is -2.33. The largest absolute Gasteiger partial charge is 0.444 e. The van der Waals surface area contributed by atoms with Crippen LogP contribution in [0.5, 0.6) is 0 Å². The summed E-state index contributed by atoms with van der Waals surface area (Å²) in [5.74, 6) is 1.42. The molecule has 2 fully saturated rings. The number of hydrogen-bond acceptors (Lipinski definition) is 5. The molecule has 2 rings (SSSR count). The number of nitrogens with zero attached hydrogens (tertiary/aromatic N) is 1. The Kier molecular flexibility index (Phi) is 7.11. The van der Waals surface area contributed by atoms with Crippen molar-refractivity contribution in [3.05, 3.63) is 0 Å². The third-order valence-corrected chi connectivity index (χ3v) is 4.63. The highest BCUT2D eigenvalue weighted by Crippen LogP contribution is 2.19. The molecule has 2 aliphatic rings. The molecule has 6 heteroatoms. The number of hydrazine groups is 1. The van der Waals surface area contributed by atoms with Gasteiger partial charge in [-0.2, -0.15) is 0 Å². The molecule has 3 N–H and O–H groups in total. The van der Waals surface area contributed by atoms with E-state index in [9.17, 15) is 4.79 Å². The third-order valence-electron chi connectivity index (χ3n) is 4.63. The van der Waals surface area contributed by atoms with Gasteiger partial charge in [-0.05, 0) is 71.4 Å². The highest BCUT2D eigenvalue weighted by molar-refractivity contribution is 5.68. The zero-order chi connectivity index (χ0) is 16.7. The summed E-state index contributed by atoms with van der Waals surface area (Å²) in [5.41, 5.74) is 6.36. The zero-order valence-electron chi connectivity index (χ0n) is 15.0. The molecule has 0 bridgehead atoms. The number of carbonyl (C=O) groups excluding carboxylic acids is 1. The molecular formula is C17H34N4O2. The molecule has 2 saturated heterocycles. The van der Waals surface area contributed by atoms with Crippen molar-refractivity contribution in [2.75, 3.05) is 39.3 Å². The number of amides is 1. The van der Waals surface area contributed by atoms with Crippen molar-refractivity contribution in [3.63, 3.8) is 0 Å². The second-order valence-corrected chi connectivity index (χ2v) is 7.87. The van der Waals surface area contributed by atoms with E-state index in [1.807, 2.05) is 25.7 Å². The van der Waals surface area contributed by atoms with Gasteiger partial charge in [0.2, 0.25) is 0 Å². The Bertz CT molecular complexity index is 356. The fourth-order valence-corrected chi connectivity index (χ4v) is 3.16. The van der Waals surface area contributed by atoms with E-state index in [2.05, 4.69) is 16.2 Å². The standard InChI is InChI=1S/C17H34N4O2/c1-17(2,3)23-16(22)21-10-6-15(7-11-21)13-20-19-12-14-4-8-18-9-5-14/h14-15,18-20H,4-13H2,1-3H3. The Morgan fingerprint density at radius 1 is 1.04 bits per heavy atom. The zero-order valence-corrected chi connectivity index (χ0v) is 15.0. The van der Waals surface area contributed by atoms with Crippen LogP contribution < -0.4 is 16.2 Å². The fraction of sp³-hybridized carbons (Fsp3) is 0.941. The van der Waals surface area contributed by atoms with Crippen molar-refractivity contribution in [3.8, 4) is 0 Å². The molecule has 2 aliphatic heterocycles. The normalized spacial score (nSPS) is 21.4. The fourth-order valence-electron chi connectivity index (χ4n) is 3.16. The molecule has 1 amide bonds. The van der Waals surface area contributed by atoms with Gasteiger partial charge in [-0.15, -0.1) is 0 Å². The number of ether oxygens (including phenoxy) is 1. The Morgan fingerprint density at radius 3 is 2.09 bits per heavy atom. The van der Waals surface area contributed by atoms with E-state index in [-0.39, 0.29) is 6.09 Å². The van der Waals surface area contributed by atoms with E-state index in [0.29, 0.717) is 5.92 Å². The van der Waals surface area contributed by atoms with Gasteiger partial charge in [-0.1, -0.05) is 0 Å². The minimum atomic E-state index is -0.409. The van der Waals surface area contributed by atoms with Crippen LogP contribution in [0, 0.1) is 11.8 Å². The second-order valence-electron chi connectivity index (χ2n) is 7.87. The molecule has 0 aromatic heterocycles. The summed E-state index contributed by atoms with van der Waals surface area (Å²) in [6.07, 6.45) is 4.45. The molecule has 0 unspecified atom stereocenters. The molecule has 0 saturated carbocycles. The van der Waals surface area contributed by atoms with Gasteiger partial charge in [0.25, 0.3) is 0 Å². The average Bonchev–Trinajstić information content (AvgIpc) is 2.51. The Balaban J connectivity index is 1.55. The topological polar surface area (TPSA) is 65.6 Å². The van der Waals surface area contributed by atoms with Crippen molar-refractivity contribution in [1.82, 2.24) is 21.1 Å². The van der Waals surface area contributed by atoms with E-state index in [0.717, 1.165) is 58.0 Å². The summed E-state index contributed by atoms with van der Waals surface area (Å²) < 4.78 is 5.43. The maximum Gasteiger partial charge on any atom is 0.410 e. The first kappa shape index (κ1) is 18.5. The van der Waals surface area contributed by atoms with Crippen LogP contribution in [0.2, 0.25) is 0 Å². The predicted octanol–water partition coefficient (Wildman–Crippen LogP) is 1.73. The Hall–Kier alpha value is -0.850. The second kappa shape index (κ2) is 8.85. The number of likely N-dealkylation sites (tertiary alicyclic amines) is 1. The number of piperidine rings is 2. The molecule has 6 nitrogen and oxygen atoms in total. The van der Waals surface area contributed by atoms with E-state index >= 15 is 0 Å². The first-order valence-corrected chi connectivity index (χ1v) is 9.08. The number of carbonyl (C=O) groups is 1. The summed E-state index contributed by atoms with van der Waals surface area (Å²) in [4.78, 5) is 13.9. The molecule has 0 spiro atoms. The van der Waals surface area contributed by atoms with Gasteiger partial charge in [0.05, 0.1) is 0 Å². The first-order chi connectivity index (χ1) is 10.9. The lowest BCUT2D eigenvalue weighted by Crippen LogP contribution is -2.45. The van der Waals surface area contributed by atoms with Crippen LogP contribution in [-0.2, 0) is 4.74 Å². The van der Waals surface area contributed by atoms with Gasteiger partial charge in [-0.3, -0.25) is 10.9 Å². The highest BCUT2D eigenvalue weighted by atomic mass is 16.6. The van der Waals surface area contributed by atoms with Gasteiger partial charge >= 0.3 is 6.09 Å². The number of rotatable bonds is 5. The van der Waals surface area contributed by atoms with E-state index in [1.165, 1.54) is 12.8 Å². The average molecular weight is 326 g/mol. The van der Waals surface area contributed by atoms with Crippen LogP contribution in [0.25, 0.3) is 0 Å². The van der Waals surface area contributed by atoms with Gasteiger partial charge < -0.3 is 15.0 Å². The third kappa shape index (κ3) is 7.06. The predicted molar refractivity (Wildman–Crippen MR) is 92.1 cm³/mol. The first-order valence-electron chi connectivity index (χ1n) is 9.08. The van der Waals surface area contributed by atoms with E-state index < -0.39 is 5.60 Å². The summed E-state index contributed by atoms with van der Waals surface area (Å²) in [6, 6.07) is 0. The molecule has 0 radical (unpaired) electrons. The minimum Gasteiger partial charge on any atom is -0.444 e. The van der Waals surface area contributed by atoms with Crippen LogP contribution in [0.4, 0.5) is 4.79 Å². The van der Waals surface area contributed by atoms with E-state index in [4.69, 9.17) is 4.74 Å². The monoisotopic (exact) mass is 326 g/mol. The van der Waals surface area contributed by atoms with Gasteiger partial charge in [0.1, 0.15) is 5.60 Å². The van der Waals surface area contributed by atoms with Crippen LogP contribution in [-0.4, -0.2) is 55.9 Å². The summed E-state index contributed by atoms with van der Waals surface area (Å²) >= 11 is 0. The summed E-state index contributed by atoms with van der Waals surface area (Å²) in [5, 5.41) is 3.39. The Labute approximate surface area is 140 Å². The van der Waals surface area contributed by atoms with Crippen molar-refractivity contribution in [2.45, 2.75) is 52.1 Å². The maximum absolute atomic E-state index is 12.0. The number of hydrogen-bond donors (Lipinski definition) is 3. The smallest absolute Gasteiger partial charge is 0.410 e. The van der Waals surface area contributed by atoms with Gasteiger partial charge in [0.15, 0.2) is 0 Å². The molecule has 0 aromatic rings. The molecule has 0 atom stereocenters. The van der Waals surface area contributed by atoms with Crippen molar-refractivity contribution < 1.29 is 9.53 Å². The van der Waals surface area contributed by atoms with Gasteiger partial charge in [-0.25, -0.2) is 4.79 Å². The highest BCUT2D eigenvalue weighted by Gasteiger charge is 2.26. The molecular weight excluding hydrogens is 292 g/mol. The van der Waals surface area contributed by atoms with Crippen molar-refractivity contribution in [2.24, 2.45) is 11.8 Å². The lowest BCUT2D eigenvalue weighted by molar-refractivity contribution is 0.0183. The van der Waals surface area contributed by atoms with Crippen LogP contribution in [0.3, 0.4) is 0 Å². The van der Waals surface area contributed by atoms with Crippen LogP contribution in [0.15, 0.2) is 0 Å². The maximum atomic E-state index is 12.0. The summed E-state index contributed by atoms with van der Waals surface area (Å²) in [7, 11) is 0. The minimum absolute atomic E-state index is 0.173. The summed E-state index contributed by atoms with van der Waals surface area (Å²) in [6.45, 7) is 11.7. The number of nitrogens with one attached hydrogen (secondary N) is 3. The molecule has 23 heavy (non-hydrogen) atoms. The quantitative estimate of drug-likeness (QED) is 0.530. The lowest BCUT2D eigenvalue weighted by atomic mass is 9.97. The molecule has 0 aliphatic carbocycles. The molecule has 0 aromatic carbocycles. The van der Waals surface area contributed by atoms with Crippen molar-refractivity contribution in [1.29, 1.82) is 0 Å². The molecule has 134 valence electrons. The Morgan fingerprint density at radius 2 is 1.57 bits per heavy atom. The van der Waals surface area contributed by atoms with E-state index in [1.54, 1.807) is 0 Å². The molecule has 2 heterocycles.